The van der Waals surface area contributed by atoms with Crippen molar-refractivity contribution >= 4 is 23.1 Å². The maximum Gasteiger partial charge on any atom is 0.195 e. The predicted octanol–water partition coefficient (Wildman–Crippen LogP) is 2.56. The molecule has 0 amide bonds. The summed E-state index contributed by atoms with van der Waals surface area (Å²) in [6.07, 6.45) is 0.872. The van der Waals surface area contributed by atoms with Gasteiger partial charge in [0.15, 0.2) is 23.1 Å². The largest absolute Gasteiger partial charge is 0.511 e. The molecule has 0 aromatic rings. The molecule has 2 rings (SSSR count). The van der Waals surface area contributed by atoms with E-state index in [1.165, 1.54) is 0 Å². The van der Waals surface area contributed by atoms with Crippen LogP contribution in [0.25, 0.3) is 0 Å². The molecule has 8 nitrogen and oxygen atoms in total. The van der Waals surface area contributed by atoms with Gasteiger partial charge in [0.2, 0.25) is 0 Å². The summed E-state index contributed by atoms with van der Waals surface area (Å²) in [5, 5.41) is 20.0. The van der Waals surface area contributed by atoms with Gasteiger partial charge in [0.05, 0.1) is 13.2 Å². The number of carbonyl (C=O) groups is 4. The van der Waals surface area contributed by atoms with E-state index < -0.39 is 23.1 Å². The highest BCUT2D eigenvalue weighted by molar-refractivity contribution is 6.22. The van der Waals surface area contributed by atoms with Crippen molar-refractivity contribution in [3.8, 4) is 0 Å². The first-order valence-electron chi connectivity index (χ1n) is 9.95. The van der Waals surface area contributed by atoms with E-state index in [4.69, 9.17) is 9.47 Å². The number of aliphatic hydroxyl groups excluding tert-OH is 2. The van der Waals surface area contributed by atoms with E-state index in [9.17, 15) is 29.4 Å². The number of ketones is 4. The Morgan fingerprint density at radius 1 is 0.733 bits per heavy atom. The van der Waals surface area contributed by atoms with Crippen LogP contribution in [0.5, 0.6) is 0 Å². The molecule has 30 heavy (non-hydrogen) atoms. The van der Waals surface area contributed by atoms with Crippen molar-refractivity contribution in [1.82, 2.24) is 0 Å². The van der Waals surface area contributed by atoms with Crippen LogP contribution in [0.1, 0.15) is 53.4 Å². The summed E-state index contributed by atoms with van der Waals surface area (Å²) >= 11 is 0. The molecule has 0 saturated carbocycles. The van der Waals surface area contributed by atoms with Crippen molar-refractivity contribution in [3.05, 3.63) is 22.7 Å². The monoisotopic (exact) mass is 422 g/mol. The van der Waals surface area contributed by atoms with Crippen molar-refractivity contribution in [2.45, 2.75) is 53.4 Å². The molecule has 0 spiro atoms. The molecule has 0 unspecified atom stereocenters. The zero-order valence-corrected chi connectivity index (χ0v) is 18.0. The fourth-order valence-electron chi connectivity index (χ4n) is 3.80. The van der Waals surface area contributed by atoms with Gasteiger partial charge in [0.1, 0.15) is 35.9 Å². The smallest absolute Gasteiger partial charge is 0.195 e. The fourth-order valence-corrected chi connectivity index (χ4v) is 3.80. The summed E-state index contributed by atoms with van der Waals surface area (Å²) in [5.74, 6) is -2.38. The Hall–Kier alpha value is -2.32. The number of rotatable bonds is 9. The van der Waals surface area contributed by atoms with E-state index >= 15 is 0 Å². The van der Waals surface area contributed by atoms with Crippen molar-refractivity contribution in [2.24, 2.45) is 10.8 Å². The topological polar surface area (TPSA) is 127 Å². The Kier molecular flexibility index (Phi) is 7.36. The number of ether oxygens (including phenoxy) is 2. The van der Waals surface area contributed by atoms with Crippen LogP contribution < -0.4 is 0 Å². The average molecular weight is 422 g/mol. The highest BCUT2D eigenvalue weighted by Crippen LogP contribution is 2.36. The summed E-state index contributed by atoms with van der Waals surface area (Å²) in [5.41, 5.74) is -1.17. The molecule has 0 aliphatic heterocycles. The molecule has 0 aromatic carbocycles. The third kappa shape index (κ3) is 6.09. The zero-order valence-electron chi connectivity index (χ0n) is 18.0. The second kappa shape index (κ2) is 9.22. The van der Waals surface area contributed by atoms with Crippen LogP contribution in [0.4, 0.5) is 0 Å². The highest BCUT2D eigenvalue weighted by Gasteiger charge is 2.37. The first-order chi connectivity index (χ1) is 13.8. The summed E-state index contributed by atoms with van der Waals surface area (Å²) in [6.45, 7) is 6.57. The summed E-state index contributed by atoms with van der Waals surface area (Å²) in [4.78, 5) is 48.6. The van der Waals surface area contributed by atoms with E-state index in [-0.39, 0.29) is 85.6 Å². The summed E-state index contributed by atoms with van der Waals surface area (Å²) < 4.78 is 10.4. The van der Waals surface area contributed by atoms with Gasteiger partial charge in [-0.2, -0.15) is 0 Å². The number of Topliss-reactive ketones (excluding diaryl/α,β-unsaturated/α-hetero) is 4. The van der Waals surface area contributed by atoms with Crippen LogP contribution in [0, 0.1) is 10.8 Å². The van der Waals surface area contributed by atoms with Gasteiger partial charge in [-0.15, -0.1) is 0 Å². The maximum atomic E-state index is 12.2. The van der Waals surface area contributed by atoms with Crippen molar-refractivity contribution in [3.63, 3.8) is 0 Å². The molecule has 2 N–H and O–H groups in total. The Labute approximate surface area is 175 Å². The number of allylic oxidation sites excluding steroid dienone is 2. The first-order valence-corrected chi connectivity index (χ1v) is 9.95. The quantitative estimate of drug-likeness (QED) is 0.429. The van der Waals surface area contributed by atoms with Crippen LogP contribution >= 0.6 is 0 Å². The minimum Gasteiger partial charge on any atom is -0.511 e. The molecule has 0 radical (unpaired) electrons. The molecular formula is C22H30O8. The molecular weight excluding hydrogens is 392 g/mol. The van der Waals surface area contributed by atoms with Gasteiger partial charge in [-0.1, -0.05) is 27.7 Å². The van der Waals surface area contributed by atoms with E-state index in [0.29, 0.717) is 0 Å². The van der Waals surface area contributed by atoms with E-state index in [1.807, 2.05) is 27.7 Å². The number of hydrogen-bond donors (Lipinski definition) is 2. The van der Waals surface area contributed by atoms with Crippen molar-refractivity contribution in [1.29, 1.82) is 0 Å². The molecule has 2 aliphatic carbocycles. The molecule has 0 fully saturated rings. The summed E-state index contributed by atoms with van der Waals surface area (Å²) in [6, 6.07) is 0. The van der Waals surface area contributed by atoms with Crippen LogP contribution in [0.2, 0.25) is 0 Å². The van der Waals surface area contributed by atoms with Crippen molar-refractivity contribution in [2.75, 3.05) is 26.4 Å². The molecule has 0 bridgehead atoms. The van der Waals surface area contributed by atoms with E-state index in [1.54, 1.807) is 0 Å². The molecule has 8 heteroatoms. The normalized spacial score (nSPS) is 21.2. The molecule has 0 saturated heterocycles. The highest BCUT2D eigenvalue weighted by atomic mass is 16.5. The van der Waals surface area contributed by atoms with Gasteiger partial charge < -0.3 is 19.7 Å². The third-order valence-corrected chi connectivity index (χ3v) is 5.10. The molecule has 0 atom stereocenters. The number of carbonyl (C=O) groups excluding carboxylic acids is 4. The lowest BCUT2D eigenvalue weighted by molar-refractivity contribution is -0.129. The van der Waals surface area contributed by atoms with E-state index in [2.05, 4.69) is 0 Å². The minimum atomic E-state index is -0.588. The number of hydrogen-bond acceptors (Lipinski definition) is 8. The average Bonchev–Trinajstić information content (AvgIpc) is 2.54. The maximum absolute atomic E-state index is 12.2. The minimum absolute atomic E-state index is 0.0151. The Bertz CT molecular complexity index is 745. The van der Waals surface area contributed by atoms with Gasteiger partial charge in [-0.25, -0.2) is 0 Å². The van der Waals surface area contributed by atoms with Gasteiger partial charge in [0, 0.05) is 25.7 Å². The van der Waals surface area contributed by atoms with Gasteiger partial charge in [-0.3, -0.25) is 19.2 Å². The SMILES string of the molecule is CC1(C)CC(=O)C(C(=O)COCCOCC(=O)C2=C(O)CC(C)(C)CC2=O)=C(O)C1. The molecule has 0 heterocycles. The molecule has 2 aliphatic rings. The van der Waals surface area contributed by atoms with Gasteiger partial charge >= 0.3 is 0 Å². The number of aliphatic hydroxyl groups is 2. The van der Waals surface area contributed by atoms with E-state index in [0.717, 1.165) is 0 Å². The fraction of sp³-hybridized carbons (Fsp3) is 0.636. The predicted molar refractivity (Wildman–Crippen MR) is 107 cm³/mol. The lowest BCUT2D eigenvalue weighted by Gasteiger charge is -2.29. The van der Waals surface area contributed by atoms with Gasteiger partial charge in [-0.05, 0) is 10.8 Å². The van der Waals surface area contributed by atoms with Crippen LogP contribution in [-0.2, 0) is 28.7 Å². The zero-order chi connectivity index (χ0) is 22.7. The van der Waals surface area contributed by atoms with Crippen LogP contribution in [-0.4, -0.2) is 59.8 Å². The molecule has 0 aromatic heterocycles. The van der Waals surface area contributed by atoms with Crippen LogP contribution in [0.3, 0.4) is 0 Å². The standard InChI is InChI=1S/C22H30O8/c1-21(2)7-13(23)19(14(24)8-21)17(27)11-29-5-6-30-12-18(28)20-15(25)9-22(3,4)10-16(20)26/h23,25H,5-12H2,1-4H3. The summed E-state index contributed by atoms with van der Waals surface area (Å²) in [7, 11) is 0. The van der Waals surface area contributed by atoms with Gasteiger partial charge in [0.25, 0.3) is 0 Å². The Balaban J connectivity index is 1.75. The first kappa shape index (κ1) is 24.0. The molecule has 166 valence electrons. The lowest BCUT2D eigenvalue weighted by Crippen LogP contribution is -2.31. The van der Waals surface area contributed by atoms with Crippen molar-refractivity contribution < 1.29 is 38.9 Å². The van der Waals surface area contributed by atoms with Crippen LogP contribution in [0.15, 0.2) is 22.7 Å². The Morgan fingerprint density at radius 2 is 1.07 bits per heavy atom. The third-order valence-electron chi connectivity index (χ3n) is 5.10. The second-order valence-corrected chi connectivity index (χ2v) is 9.48. The second-order valence-electron chi connectivity index (χ2n) is 9.48. The Morgan fingerprint density at radius 3 is 1.37 bits per heavy atom. The lowest BCUT2D eigenvalue weighted by atomic mass is 9.76.